The second kappa shape index (κ2) is 7.81. The van der Waals surface area contributed by atoms with E-state index in [1.54, 1.807) is 0 Å². The van der Waals surface area contributed by atoms with Crippen molar-refractivity contribution in [3.8, 4) is 0 Å². The fourth-order valence-corrected chi connectivity index (χ4v) is 3.00. The normalized spacial score (nSPS) is 23.6. The Morgan fingerprint density at radius 1 is 1.29 bits per heavy atom. The third kappa shape index (κ3) is 5.33. The molecule has 1 atom stereocenters. The number of carbonyl (C=O) groups excluding carboxylic acids is 1. The van der Waals surface area contributed by atoms with Gasteiger partial charge in [0, 0.05) is 16.6 Å². The Labute approximate surface area is 132 Å². The maximum atomic E-state index is 12.0. The molecular weight excluding hydrogens is 284 g/mol. The largest absolute Gasteiger partial charge is 0.348 e. The Hall–Kier alpha value is -1.06. The molecule has 0 heterocycles. The second-order valence-electron chi connectivity index (χ2n) is 6.30. The van der Waals surface area contributed by atoms with E-state index in [9.17, 15) is 4.79 Å². The summed E-state index contributed by atoms with van der Waals surface area (Å²) < 4.78 is 0. The van der Waals surface area contributed by atoms with Crippen LogP contribution in [0.5, 0.6) is 0 Å². The smallest absolute Gasteiger partial charge is 0.275 e. The van der Waals surface area contributed by atoms with Crippen molar-refractivity contribution in [1.29, 1.82) is 0 Å². The lowest BCUT2D eigenvalue weighted by atomic mass is 9.87. The van der Waals surface area contributed by atoms with Gasteiger partial charge in [0.15, 0.2) is 6.54 Å². The number of halogens is 1. The molecule has 21 heavy (non-hydrogen) atoms. The Morgan fingerprint density at radius 2 is 1.90 bits per heavy atom. The van der Waals surface area contributed by atoms with Gasteiger partial charge < -0.3 is 10.6 Å². The van der Waals surface area contributed by atoms with Gasteiger partial charge in [0.05, 0.1) is 0 Å². The summed E-state index contributed by atoms with van der Waals surface area (Å²) in [5.41, 5.74) is 1.19. The minimum Gasteiger partial charge on any atom is -0.348 e. The maximum Gasteiger partial charge on any atom is 0.275 e. The highest BCUT2D eigenvalue weighted by Gasteiger charge is 2.20. The van der Waals surface area contributed by atoms with Crippen LogP contribution in [0.4, 0.5) is 0 Å². The number of quaternary nitrogens is 1. The molecule has 0 radical (unpaired) electrons. The molecule has 1 aromatic rings. The first-order chi connectivity index (χ1) is 10.0. The van der Waals surface area contributed by atoms with E-state index in [1.807, 2.05) is 24.3 Å². The van der Waals surface area contributed by atoms with Crippen LogP contribution in [-0.4, -0.2) is 18.5 Å². The number of carbonyl (C=O) groups is 1. The van der Waals surface area contributed by atoms with E-state index < -0.39 is 0 Å². The summed E-state index contributed by atoms with van der Waals surface area (Å²) in [6.07, 6.45) is 4.71. The zero-order valence-corrected chi connectivity index (χ0v) is 13.7. The molecule has 0 saturated heterocycles. The van der Waals surface area contributed by atoms with Gasteiger partial charge in [-0.25, -0.2) is 0 Å². The second-order valence-corrected chi connectivity index (χ2v) is 6.74. The topological polar surface area (TPSA) is 45.7 Å². The quantitative estimate of drug-likeness (QED) is 0.863. The molecule has 1 aliphatic rings. The zero-order chi connectivity index (χ0) is 15.2. The zero-order valence-electron chi connectivity index (χ0n) is 12.9. The van der Waals surface area contributed by atoms with Gasteiger partial charge in [-0.3, -0.25) is 4.79 Å². The molecule has 116 valence electrons. The van der Waals surface area contributed by atoms with Crippen molar-refractivity contribution in [3.05, 3.63) is 34.9 Å². The van der Waals surface area contributed by atoms with Crippen molar-refractivity contribution in [2.24, 2.45) is 5.92 Å². The van der Waals surface area contributed by atoms with Crippen molar-refractivity contribution in [2.45, 2.75) is 51.6 Å². The predicted molar refractivity (Wildman–Crippen MR) is 86.2 cm³/mol. The van der Waals surface area contributed by atoms with E-state index in [4.69, 9.17) is 11.6 Å². The van der Waals surface area contributed by atoms with Crippen molar-refractivity contribution in [3.63, 3.8) is 0 Å². The fourth-order valence-electron chi connectivity index (χ4n) is 2.88. The lowest BCUT2D eigenvalue weighted by Gasteiger charge is -2.26. The molecular formula is C17H26ClN2O+. The van der Waals surface area contributed by atoms with Gasteiger partial charge >= 0.3 is 0 Å². The van der Waals surface area contributed by atoms with E-state index in [0.29, 0.717) is 12.6 Å². The molecule has 4 heteroatoms. The lowest BCUT2D eigenvalue weighted by Crippen LogP contribution is -2.87. The number of nitrogens with two attached hydrogens (primary N) is 1. The molecule has 2 rings (SSSR count). The van der Waals surface area contributed by atoms with E-state index >= 15 is 0 Å². The van der Waals surface area contributed by atoms with Gasteiger partial charge in [-0.05, 0) is 50.7 Å². The van der Waals surface area contributed by atoms with Crippen molar-refractivity contribution >= 4 is 17.5 Å². The minimum atomic E-state index is 0.148. The first kappa shape index (κ1) is 16.3. The van der Waals surface area contributed by atoms with Crippen molar-refractivity contribution in [2.75, 3.05) is 6.54 Å². The Kier molecular flexibility index (Phi) is 6.07. The Morgan fingerprint density at radius 3 is 2.52 bits per heavy atom. The maximum absolute atomic E-state index is 12.0. The average molecular weight is 310 g/mol. The van der Waals surface area contributed by atoms with Crippen molar-refractivity contribution < 1.29 is 10.1 Å². The number of amides is 1. The molecule has 1 aliphatic carbocycles. The van der Waals surface area contributed by atoms with Crippen LogP contribution in [0.3, 0.4) is 0 Å². The minimum absolute atomic E-state index is 0.148. The van der Waals surface area contributed by atoms with E-state index in [2.05, 4.69) is 24.5 Å². The predicted octanol–water partition coefficient (Wildman–Crippen LogP) is 2.66. The molecule has 0 spiro atoms. The summed E-state index contributed by atoms with van der Waals surface area (Å²) in [7, 11) is 0. The Balaban J connectivity index is 1.72. The van der Waals surface area contributed by atoms with Crippen LogP contribution < -0.4 is 10.6 Å². The molecule has 1 fully saturated rings. The number of hydrogen-bond acceptors (Lipinski definition) is 1. The molecule has 0 aromatic heterocycles. The Bertz CT molecular complexity index is 452. The summed E-state index contributed by atoms with van der Waals surface area (Å²) in [6.45, 7) is 4.88. The standard InChI is InChI=1S/C17H25ClN2O/c1-12-3-9-16(10-4-12)20-17(21)11-19-13(2)14-5-7-15(18)8-6-14/h5-8,12-13,16,19H,3-4,9-11H2,1-2H3,(H,20,21)/p+1/t12?,13-,16?/m1/s1. The van der Waals surface area contributed by atoms with Crippen LogP contribution in [0, 0.1) is 5.92 Å². The van der Waals surface area contributed by atoms with Crippen LogP contribution in [0.15, 0.2) is 24.3 Å². The van der Waals surface area contributed by atoms with Gasteiger partial charge in [0.1, 0.15) is 6.04 Å². The van der Waals surface area contributed by atoms with Gasteiger partial charge in [0.2, 0.25) is 0 Å². The van der Waals surface area contributed by atoms with Crippen LogP contribution in [0.1, 0.15) is 51.1 Å². The summed E-state index contributed by atoms with van der Waals surface area (Å²) in [5, 5.41) is 5.98. The molecule has 0 unspecified atom stereocenters. The summed E-state index contributed by atoms with van der Waals surface area (Å²) in [4.78, 5) is 12.0. The molecule has 3 N–H and O–H groups in total. The lowest BCUT2D eigenvalue weighted by molar-refractivity contribution is -0.682. The highest BCUT2D eigenvalue weighted by atomic mass is 35.5. The number of rotatable bonds is 5. The molecule has 3 nitrogen and oxygen atoms in total. The van der Waals surface area contributed by atoms with Crippen LogP contribution in [0.2, 0.25) is 5.02 Å². The highest BCUT2D eigenvalue weighted by Crippen LogP contribution is 2.23. The number of nitrogens with one attached hydrogen (secondary N) is 1. The highest BCUT2D eigenvalue weighted by molar-refractivity contribution is 6.30. The van der Waals surface area contributed by atoms with Gasteiger partial charge in [0.25, 0.3) is 5.91 Å². The van der Waals surface area contributed by atoms with Crippen LogP contribution in [0.25, 0.3) is 0 Å². The SMILES string of the molecule is CC1CCC(NC(=O)C[NH2+][C@H](C)c2ccc(Cl)cc2)CC1. The van der Waals surface area contributed by atoms with Crippen LogP contribution >= 0.6 is 11.6 Å². The molecule has 1 amide bonds. The molecule has 0 bridgehead atoms. The van der Waals surface area contributed by atoms with E-state index in [1.165, 1.54) is 18.4 Å². The van der Waals surface area contributed by atoms with Gasteiger partial charge in [-0.1, -0.05) is 30.7 Å². The average Bonchev–Trinajstić information content (AvgIpc) is 2.48. The summed E-state index contributed by atoms with van der Waals surface area (Å²) >= 11 is 5.89. The summed E-state index contributed by atoms with van der Waals surface area (Å²) in [5.74, 6) is 0.963. The molecule has 1 aromatic carbocycles. The third-order valence-corrected chi connectivity index (χ3v) is 4.69. The fraction of sp³-hybridized carbons (Fsp3) is 0.588. The monoisotopic (exact) mass is 309 g/mol. The number of hydrogen-bond donors (Lipinski definition) is 2. The van der Waals surface area contributed by atoms with E-state index in [-0.39, 0.29) is 11.9 Å². The molecule has 1 saturated carbocycles. The third-order valence-electron chi connectivity index (χ3n) is 4.43. The first-order valence-corrected chi connectivity index (χ1v) is 8.30. The van der Waals surface area contributed by atoms with Crippen LogP contribution in [-0.2, 0) is 4.79 Å². The molecule has 0 aliphatic heterocycles. The van der Waals surface area contributed by atoms with Crippen molar-refractivity contribution in [1.82, 2.24) is 5.32 Å². The summed E-state index contributed by atoms with van der Waals surface area (Å²) in [6, 6.07) is 8.47. The van der Waals surface area contributed by atoms with Gasteiger partial charge in [-0.2, -0.15) is 0 Å². The van der Waals surface area contributed by atoms with E-state index in [0.717, 1.165) is 23.8 Å². The van der Waals surface area contributed by atoms with Gasteiger partial charge in [-0.15, -0.1) is 0 Å². The first-order valence-electron chi connectivity index (χ1n) is 7.92. The number of benzene rings is 1.